The van der Waals surface area contributed by atoms with Crippen molar-refractivity contribution >= 4 is 29.1 Å². The van der Waals surface area contributed by atoms with E-state index in [1.54, 1.807) is 24.3 Å². The predicted octanol–water partition coefficient (Wildman–Crippen LogP) is 2.39. The van der Waals surface area contributed by atoms with Crippen molar-refractivity contribution in [1.29, 1.82) is 0 Å². The number of nitrogens with two attached hydrogens (primary N) is 1. The number of amides is 2. The maximum atomic E-state index is 12.1. The summed E-state index contributed by atoms with van der Waals surface area (Å²) < 4.78 is 0. The lowest BCUT2D eigenvalue weighted by Gasteiger charge is -2.19. The summed E-state index contributed by atoms with van der Waals surface area (Å²) in [6, 6.07) is 8.79. The van der Waals surface area contributed by atoms with Gasteiger partial charge in [-0.1, -0.05) is 38.0 Å². The molecule has 1 saturated heterocycles. The van der Waals surface area contributed by atoms with Gasteiger partial charge < -0.3 is 11.1 Å². The van der Waals surface area contributed by atoms with Crippen LogP contribution in [0.2, 0.25) is 0 Å². The lowest BCUT2D eigenvalue weighted by molar-refractivity contribution is -0.119. The number of nitrogens with one attached hydrogen (secondary N) is 1. The van der Waals surface area contributed by atoms with Crippen LogP contribution in [0.1, 0.15) is 49.4 Å². The third kappa shape index (κ3) is 7.52. The number of hydrogen-bond acceptors (Lipinski definition) is 4. The molecule has 24 heavy (non-hydrogen) atoms. The Hall–Kier alpha value is -1.99. The summed E-state index contributed by atoms with van der Waals surface area (Å²) in [5, 5.41) is 3.60. The highest BCUT2D eigenvalue weighted by molar-refractivity contribution is 7.80. The summed E-state index contributed by atoms with van der Waals surface area (Å²) in [6.45, 7) is 3.42. The van der Waals surface area contributed by atoms with E-state index in [2.05, 4.69) is 12.2 Å². The molecule has 0 unspecified atom stereocenters. The van der Waals surface area contributed by atoms with Crippen molar-refractivity contribution in [2.75, 3.05) is 13.2 Å². The van der Waals surface area contributed by atoms with Crippen molar-refractivity contribution in [1.82, 2.24) is 10.4 Å². The van der Waals surface area contributed by atoms with Gasteiger partial charge in [0.1, 0.15) is 0 Å². The number of carbonyl (C=O) groups excluding carboxylic acids is 2. The quantitative estimate of drug-likeness (QED) is 0.467. The molecular weight excluding hydrogens is 326 g/mol. The van der Waals surface area contributed by atoms with Crippen molar-refractivity contribution in [3.8, 4) is 0 Å². The second kappa shape index (κ2) is 11.5. The Kier molecular flexibility index (Phi) is 9.64. The molecule has 1 aromatic rings. The van der Waals surface area contributed by atoms with Gasteiger partial charge in [-0.15, -0.1) is 0 Å². The normalized spacial score (nSPS) is 12.8. The van der Waals surface area contributed by atoms with Crippen molar-refractivity contribution < 1.29 is 14.4 Å². The summed E-state index contributed by atoms with van der Waals surface area (Å²) >= 11 is 4.83. The maximum absolute atomic E-state index is 12.1. The SMILES string of the molecule is CCCCCON(C(=O)c1ccccc1)C(N)=S.O=C1CCCN1. The highest BCUT2D eigenvalue weighted by Gasteiger charge is 2.18. The smallest absolute Gasteiger partial charge is 0.284 e. The van der Waals surface area contributed by atoms with Crippen LogP contribution in [0.4, 0.5) is 0 Å². The third-order valence-corrected chi connectivity index (χ3v) is 3.44. The number of benzene rings is 1. The zero-order valence-electron chi connectivity index (χ0n) is 14.0. The molecule has 0 saturated carbocycles. The summed E-state index contributed by atoms with van der Waals surface area (Å²) in [6.07, 6.45) is 4.77. The minimum absolute atomic E-state index is 0.0691. The predicted molar refractivity (Wildman–Crippen MR) is 97.1 cm³/mol. The van der Waals surface area contributed by atoms with Gasteiger partial charge in [0.2, 0.25) is 5.91 Å². The molecule has 0 spiro atoms. The lowest BCUT2D eigenvalue weighted by Crippen LogP contribution is -2.40. The number of hydroxylamine groups is 2. The van der Waals surface area contributed by atoms with Crippen LogP contribution in [0.3, 0.4) is 0 Å². The summed E-state index contributed by atoms with van der Waals surface area (Å²) in [5.41, 5.74) is 6.00. The highest BCUT2D eigenvalue weighted by atomic mass is 32.1. The van der Waals surface area contributed by atoms with E-state index >= 15 is 0 Å². The van der Waals surface area contributed by atoms with Gasteiger partial charge in [0.25, 0.3) is 5.91 Å². The largest absolute Gasteiger partial charge is 0.374 e. The second-order valence-corrected chi connectivity index (χ2v) is 5.72. The van der Waals surface area contributed by atoms with Crippen molar-refractivity contribution in [2.24, 2.45) is 5.73 Å². The average Bonchev–Trinajstić information content (AvgIpc) is 3.06. The van der Waals surface area contributed by atoms with Crippen LogP contribution in [-0.2, 0) is 9.63 Å². The first-order chi connectivity index (χ1) is 11.6. The molecule has 1 fully saturated rings. The fourth-order valence-electron chi connectivity index (χ4n) is 1.99. The van der Waals surface area contributed by atoms with E-state index < -0.39 is 0 Å². The molecule has 1 aliphatic rings. The van der Waals surface area contributed by atoms with Crippen LogP contribution in [0.25, 0.3) is 0 Å². The second-order valence-electron chi connectivity index (χ2n) is 5.30. The number of hydrogen-bond donors (Lipinski definition) is 2. The van der Waals surface area contributed by atoms with E-state index in [-0.39, 0.29) is 16.9 Å². The first kappa shape index (κ1) is 20.1. The zero-order chi connectivity index (χ0) is 17.8. The minimum Gasteiger partial charge on any atom is -0.374 e. The molecule has 1 heterocycles. The molecule has 1 aliphatic heterocycles. The molecule has 0 bridgehead atoms. The van der Waals surface area contributed by atoms with Gasteiger partial charge in [0, 0.05) is 18.5 Å². The summed E-state index contributed by atoms with van der Waals surface area (Å²) in [5.74, 6) is -0.130. The standard InChI is InChI=1S/C13H18N2O2S.C4H7NO/c1-2-3-7-10-17-15(13(14)18)12(16)11-8-5-4-6-9-11;6-4-2-1-3-5-4/h4-6,8-9H,2-3,7,10H2,1H3,(H2,14,18);1-3H2,(H,5,6). The number of carbonyl (C=O) groups is 2. The fourth-order valence-corrected chi connectivity index (χ4v) is 2.13. The van der Waals surface area contributed by atoms with Crippen molar-refractivity contribution in [3.63, 3.8) is 0 Å². The van der Waals surface area contributed by atoms with Gasteiger partial charge >= 0.3 is 0 Å². The molecule has 0 atom stereocenters. The highest BCUT2D eigenvalue weighted by Crippen LogP contribution is 2.06. The van der Waals surface area contributed by atoms with Crippen molar-refractivity contribution in [3.05, 3.63) is 35.9 Å². The Morgan fingerprint density at radius 3 is 2.50 bits per heavy atom. The molecule has 7 heteroatoms. The Morgan fingerprint density at radius 1 is 1.33 bits per heavy atom. The van der Waals surface area contributed by atoms with Crippen LogP contribution >= 0.6 is 12.2 Å². The molecule has 3 N–H and O–H groups in total. The van der Waals surface area contributed by atoms with E-state index in [1.165, 1.54) is 0 Å². The van der Waals surface area contributed by atoms with Crippen LogP contribution in [0.5, 0.6) is 0 Å². The molecule has 6 nitrogen and oxygen atoms in total. The van der Waals surface area contributed by atoms with Crippen LogP contribution < -0.4 is 11.1 Å². The van der Waals surface area contributed by atoms with Gasteiger partial charge in [-0.3, -0.25) is 14.4 Å². The van der Waals surface area contributed by atoms with E-state index in [9.17, 15) is 9.59 Å². The molecule has 1 aromatic carbocycles. The third-order valence-electron chi connectivity index (χ3n) is 3.28. The molecule has 2 rings (SSSR count). The lowest BCUT2D eigenvalue weighted by atomic mass is 10.2. The Morgan fingerprint density at radius 2 is 2.04 bits per heavy atom. The van der Waals surface area contributed by atoms with E-state index in [0.717, 1.165) is 43.7 Å². The Balaban J connectivity index is 0.000000400. The fraction of sp³-hybridized carbons (Fsp3) is 0.471. The first-order valence-electron chi connectivity index (χ1n) is 8.14. The number of nitrogens with zero attached hydrogens (tertiary/aromatic N) is 1. The average molecular weight is 351 g/mol. The van der Waals surface area contributed by atoms with Gasteiger partial charge in [-0.25, -0.2) is 0 Å². The van der Waals surface area contributed by atoms with Gasteiger partial charge in [0.15, 0.2) is 5.11 Å². The molecule has 0 aromatic heterocycles. The molecular formula is C17H25N3O3S. The maximum Gasteiger partial charge on any atom is 0.284 e. The Labute approximate surface area is 148 Å². The number of thiocarbonyl (C=S) groups is 1. The van der Waals surface area contributed by atoms with Crippen LogP contribution in [-0.4, -0.2) is 35.1 Å². The van der Waals surface area contributed by atoms with E-state index in [4.69, 9.17) is 22.8 Å². The molecule has 0 aliphatic carbocycles. The van der Waals surface area contributed by atoms with Crippen molar-refractivity contribution in [2.45, 2.75) is 39.0 Å². The van der Waals surface area contributed by atoms with Gasteiger partial charge in [-0.05, 0) is 37.2 Å². The van der Waals surface area contributed by atoms with E-state index in [1.807, 2.05) is 6.07 Å². The van der Waals surface area contributed by atoms with Gasteiger partial charge in [0.05, 0.1) is 6.61 Å². The molecule has 132 valence electrons. The number of rotatable bonds is 6. The first-order valence-corrected chi connectivity index (χ1v) is 8.55. The van der Waals surface area contributed by atoms with Gasteiger partial charge in [-0.2, -0.15) is 5.06 Å². The molecule has 2 amide bonds. The zero-order valence-corrected chi connectivity index (χ0v) is 14.8. The monoisotopic (exact) mass is 351 g/mol. The topological polar surface area (TPSA) is 84.7 Å². The number of unbranched alkanes of at least 4 members (excludes halogenated alkanes) is 2. The minimum atomic E-state index is -0.334. The summed E-state index contributed by atoms with van der Waals surface area (Å²) in [4.78, 5) is 27.6. The van der Waals surface area contributed by atoms with Crippen LogP contribution in [0, 0.1) is 0 Å². The van der Waals surface area contributed by atoms with Crippen LogP contribution in [0.15, 0.2) is 30.3 Å². The summed E-state index contributed by atoms with van der Waals surface area (Å²) in [7, 11) is 0. The van der Waals surface area contributed by atoms with E-state index in [0.29, 0.717) is 12.2 Å². The Bertz CT molecular complexity index is 529. The molecule has 0 radical (unpaired) electrons.